The van der Waals surface area contributed by atoms with Crippen molar-refractivity contribution >= 4 is 54.3 Å². The smallest absolute Gasteiger partial charge is 0.330 e. The van der Waals surface area contributed by atoms with E-state index in [1.54, 1.807) is 40.9 Å². The average molecular weight is 1270 g/mol. The highest BCUT2D eigenvalue weighted by atomic mass is 16.6. The number of carbonyl (C=O) groups is 4. The zero-order chi connectivity index (χ0) is 67.5. The Morgan fingerprint density at radius 3 is 1.47 bits per heavy atom. The molecule has 0 spiro atoms. The second-order valence-corrected chi connectivity index (χ2v) is 27.1. The summed E-state index contributed by atoms with van der Waals surface area (Å²) >= 11 is 0. The van der Waals surface area contributed by atoms with Crippen LogP contribution in [0, 0.1) is 16.2 Å². The van der Waals surface area contributed by atoms with Crippen molar-refractivity contribution in [1.29, 1.82) is 0 Å². The third kappa shape index (κ3) is 19.7. The number of unbranched alkanes of at least 4 members (excludes halogenated alkanes) is 1. The summed E-state index contributed by atoms with van der Waals surface area (Å²) in [6.07, 6.45) is 12.4. The number of hydrogen-bond acceptors (Lipinski definition) is 13. The second kappa shape index (κ2) is 31.8. The zero-order valence-corrected chi connectivity index (χ0v) is 56.6. The van der Waals surface area contributed by atoms with Gasteiger partial charge in [-0.15, -0.1) is 10.2 Å². The van der Waals surface area contributed by atoms with Crippen LogP contribution in [0.4, 0.5) is 0 Å². The fourth-order valence-corrected chi connectivity index (χ4v) is 11.1. The molecular formula is C81H90N2O11. The first-order valence-corrected chi connectivity index (χ1v) is 32.3. The van der Waals surface area contributed by atoms with E-state index in [9.17, 15) is 19.2 Å². The van der Waals surface area contributed by atoms with Gasteiger partial charge in [0.15, 0.2) is 0 Å². The Bertz CT molecular complexity index is 3890. The summed E-state index contributed by atoms with van der Waals surface area (Å²) in [7, 11) is 1.66. The Morgan fingerprint density at radius 2 is 0.915 bits per heavy atom. The molecule has 0 fully saturated rings. The van der Waals surface area contributed by atoms with Gasteiger partial charge in [0, 0.05) is 28.3 Å². The molecule has 0 aliphatic carbocycles. The Labute approximate surface area is 555 Å². The minimum Gasteiger partial charge on any atom is -0.496 e. The largest absolute Gasteiger partial charge is 0.496 e. The number of rotatable bonds is 29. The molecule has 1 heterocycles. The highest BCUT2D eigenvalue weighted by Crippen LogP contribution is 2.46. The normalized spacial score (nSPS) is 13.3. The van der Waals surface area contributed by atoms with Crippen molar-refractivity contribution < 1.29 is 52.0 Å². The van der Waals surface area contributed by atoms with Crippen LogP contribution in [0.1, 0.15) is 153 Å². The quantitative estimate of drug-likeness (QED) is 0.0143. The minimum atomic E-state index is -1.43. The van der Waals surface area contributed by atoms with E-state index >= 15 is 0 Å². The molecule has 1 aromatic heterocycles. The van der Waals surface area contributed by atoms with Crippen LogP contribution in [0.5, 0.6) is 11.5 Å². The van der Waals surface area contributed by atoms with Crippen LogP contribution in [0.3, 0.4) is 0 Å². The molecule has 94 heavy (non-hydrogen) atoms. The van der Waals surface area contributed by atoms with Gasteiger partial charge in [0.2, 0.25) is 11.8 Å². The number of hydrogen-bond donors (Lipinski definition) is 0. The van der Waals surface area contributed by atoms with Gasteiger partial charge in [-0.05, 0) is 158 Å². The van der Waals surface area contributed by atoms with E-state index in [4.69, 9.17) is 32.8 Å². The standard InChI is InChI=1S/C81H90N2O11/c1-13-80(10,75(86)93-54-60-28-35-63(36-29-60)72-82-83-73(94-72)64-41-39-62(40-42-64)61-24-18-15-19-25-61)56-81(11,76(87)92-51-50-90-71(84)47-34-57-22-16-14-17-23-57)55-79(8,9)74(85)91-49-21-20-48-89-70-53-65(37-26-58-30-43-67(44-31-58)77(2,3)4)69(88-12)52-66(70)38-27-59-32-45-68(46-33-59)78(5,6)7/h14-19,22-47,52-53H,13,20-21,48-51,54-56H2,1-12H3/b37-26+,38-27+,47-34+. The number of ether oxygens (including phenoxy) is 6. The van der Waals surface area contributed by atoms with Crippen LogP contribution < -0.4 is 9.47 Å². The molecule has 0 aliphatic heterocycles. The summed E-state index contributed by atoms with van der Waals surface area (Å²) in [5.41, 5.74) is 7.68. The summed E-state index contributed by atoms with van der Waals surface area (Å²) in [5.74, 6) is -0.237. The summed E-state index contributed by atoms with van der Waals surface area (Å²) in [6.45, 7) is 21.8. The first-order chi connectivity index (χ1) is 44.8. The van der Waals surface area contributed by atoms with E-state index in [-0.39, 0.29) is 50.1 Å². The van der Waals surface area contributed by atoms with Gasteiger partial charge in [0.25, 0.3) is 0 Å². The van der Waals surface area contributed by atoms with Crippen molar-refractivity contribution in [2.45, 2.75) is 126 Å². The average Bonchev–Trinajstić information content (AvgIpc) is 0.844. The van der Waals surface area contributed by atoms with Crippen LogP contribution in [0.25, 0.3) is 64.4 Å². The molecule has 13 nitrogen and oxygen atoms in total. The summed E-state index contributed by atoms with van der Waals surface area (Å²) < 4.78 is 41.8. The van der Waals surface area contributed by atoms with Crippen molar-refractivity contribution in [3.8, 4) is 45.5 Å². The number of nitrogens with zero attached hydrogens (tertiary/aromatic N) is 2. The monoisotopic (exact) mass is 1270 g/mol. The van der Waals surface area contributed by atoms with Crippen molar-refractivity contribution in [3.63, 3.8) is 0 Å². The molecular weight excluding hydrogens is 1180 g/mol. The molecule has 0 radical (unpaired) electrons. The maximum absolute atomic E-state index is 14.5. The third-order valence-electron chi connectivity index (χ3n) is 16.8. The Balaban J connectivity index is 0.908. The molecule has 13 heteroatoms. The topological polar surface area (TPSA) is 163 Å². The lowest BCUT2D eigenvalue weighted by molar-refractivity contribution is -0.171. The van der Waals surface area contributed by atoms with Crippen molar-refractivity contribution in [2.24, 2.45) is 16.2 Å². The maximum atomic E-state index is 14.5. The lowest BCUT2D eigenvalue weighted by Gasteiger charge is -2.39. The third-order valence-corrected chi connectivity index (χ3v) is 16.8. The molecule has 8 aromatic rings. The molecule has 0 bridgehead atoms. The molecule has 0 aliphatic rings. The van der Waals surface area contributed by atoms with Crippen LogP contribution in [-0.4, -0.2) is 67.6 Å². The predicted molar refractivity (Wildman–Crippen MR) is 374 cm³/mol. The number of methoxy groups -OCH3 is 1. The molecule has 2 unspecified atom stereocenters. The van der Waals surface area contributed by atoms with Crippen molar-refractivity contribution in [2.75, 3.05) is 33.5 Å². The maximum Gasteiger partial charge on any atom is 0.330 e. The first kappa shape index (κ1) is 70.3. The number of carbonyl (C=O) groups excluding carboxylic acids is 4. The van der Waals surface area contributed by atoms with E-state index in [0.29, 0.717) is 60.3 Å². The molecule has 0 N–H and O–H groups in total. The van der Waals surface area contributed by atoms with Crippen LogP contribution >= 0.6 is 0 Å². The minimum absolute atomic E-state index is 0.0307. The molecule has 8 rings (SSSR count). The van der Waals surface area contributed by atoms with Gasteiger partial charge in [0.1, 0.15) is 31.3 Å². The van der Waals surface area contributed by atoms with E-state index < -0.39 is 40.1 Å². The lowest BCUT2D eigenvalue weighted by Crippen LogP contribution is -2.44. The fraction of sp³-hybridized carbons (Fsp3) is 0.333. The van der Waals surface area contributed by atoms with Crippen LogP contribution in [-0.2, 0) is 55.6 Å². The summed E-state index contributed by atoms with van der Waals surface area (Å²) in [4.78, 5) is 55.7. The van der Waals surface area contributed by atoms with Gasteiger partial charge in [-0.2, -0.15) is 0 Å². The van der Waals surface area contributed by atoms with Gasteiger partial charge in [-0.1, -0.05) is 206 Å². The van der Waals surface area contributed by atoms with E-state index in [2.05, 4.69) is 125 Å². The lowest BCUT2D eigenvalue weighted by atomic mass is 9.65. The molecule has 0 amide bonds. The summed E-state index contributed by atoms with van der Waals surface area (Å²) in [6, 6.07) is 55.7. The predicted octanol–water partition coefficient (Wildman–Crippen LogP) is 18.5. The SMILES string of the molecule is CCC(C)(CC(C)(CC(C)(C)C(=O)OCCCCOc1cc(/C=C/c2ccc(C(C)(C)C)cc2)c(OC)cc1/C=C/c1ccc(C(C)(C)C)cc1)C(=O)OCCOC(=O)/C=C/c1ccccc1)C(=O)OCc1ccc(-c2nnc(-c3ccc(-c4ccccc4)cc3)o2)cc1. The highest BCUT2D eigenvalue weighted by Gasteiger charge is 2.50. The van der Waals surface area contributed by atoms with E-state index in [1.807, 2.05) is 128 Å². The molecule has 2 atom stereocenters. The van der Waals surface area contributed by atoms with Gasteiger partial charge in [-0.3, -0.25) is 14.4 Å². The number of esters is 4. The Hall–Kier alpha value is -9.62. The molecule has 490 valence electrons. The first-order valence-electron chi connectivity index (χ1n) is 32.3. The van der Waals surface area contributed by atoms with Gasteiger partial charge in [-0.25, -0.2) is 4.79 Å². The van der Waals surface area contributed by atoms with E-state index in [1.165, 1.54) is 17.2 Å². The Kier molecular flexibility index (Phi) is 23.8. The molecule has 7 aromatic carbocycles. The van der Waals surface area contributed by atoms with Crippen LogP contribution in [0.15, 0.2) is 180 Å². The van der Waals surface area contributed by atoms with Gasteiger partial charge >= 0.3 is 23.9 Å². The molecule has 0 saturated carbocycles. The highest BCUT2D eigenvalue weighted by molar-refractivity contribution is 5.87. The second-order valence-electron chi connectivity index (χ2n) is 27.1. The van der Waals surface area contributed by atoms with Gasteiger partial charge in [0.05, 0.1) is 36.6 Å². The number of aromatic nitrogens is 2. The molecule has 0 saturated heterocycles. The summed E-state index contributed by atoms with van der Waals surface area (Å²) in [5, 5.41) is 8.59. The van der Waals surface area contributed by atoms with Gasteiger partial charge < -0.3 is 32.8 Å². The van der Waals surface area contributed by atoms with Crippen molar-refractivity contribution in [3.05, 3.63) is 220 Å². The Morgan fingerprint density at radius 1 is 0.447 bits per heavy atom. The number of benzene rings is 7. The fourth-order valence-electron chi connectivity index (χ4n) is 11.1. The zero-order valence-electron chi connectivity index (χ0n) is 56.6. The van der Waals surface area contributed by atoms with Crippen LogP contribution in [0.2, 0.25) is 0 Å². The van der Waals surface area contributed by atoms with Crippen molar-refractivity contribution in [1.82, 2.24) is 10.2 Å². The van der Waals surface area contributed by atoms with E-state index in [0.717, 1.165) is 44.5 Å².